The number of phenols is 1. The predicted molar refractivity (Wildman–Crippen MR) is 53.4 cm³/mol. The van der Waals surface area contributed by atoms with E-state index in [1.807, 2.05) is 6.07 Å². The number of halogens is 1. The first-order valence-corrected chi connectivity index (χ1v) is 4.47. The summed E-state index contributed by atoms with van der Waals surface area (Å²) in [5.41, 5.74) is 1.45. The number of rotatable bonds is 1. The van der Waals surface area contributed by atoms with Crippen LogP contribution in [0.4, 0.5) is 0 Å². The molecule has 2 aromatic rings. The van der Waals surface area contributed by atoms with Crippen molar-refractivity contribution in [3.05, 3.63) is 35.4 Å². The SMILES string of the molecule is Cc1oc(Cl)nc1-c1cccc(O)c1. The molecule has 0 radical (unpaired) electrons. The van der Waals surface area contributed by atoms with Gasteiger partial charge in [0, 0.05) is 5.56 Å². The summed E-state index contributed by atoms with van der Waals surface area (Å²) in [6, 6.07) is 6.79. The lowest BCUT2D eigenvalue weighted by molar-refractivity contribution is 0.475. The number of aromatic hydroxyl groups is 1. The molecule has 4 heteroatoms. The van der Waals surface area contributed by atoms with Gasteiger partial charge in [0.25, 0.3) is 5.35 Å². The van der Waals surface area contributed by atoms with E-state index in [0.717, 1.165) is 5.56 Å². The molecule has 1 aromatic carbocycles. The molecule has 0 aliphatic heterocycles. The largest absolute Gasteiger partial charge is 0.508 e. The third-order valence-electron chi connectivity index (χ3n) is 1.89. The lowest BCUT2D eigenvalue weighted by atomic mass is 10.1. The molecular formula is C10H8ClNO2. The van der Waals surface area contributed by atoms with Crippen molar-refractivity contribution in [3.63, 3.8) is 0 Å². The average Bonchev–Trinajstić information content (AvgIpc) is 2.45. The minimum atomic E-state index is 0.112. The van der Waals surface area contributed by atoms with Crippen molar-refractivity contribution < 1.29 is 9.52 Å². The first-order valence-electron chi connectivity index (χ1n) is 4.09. The lowest BCUT2D eigenvalue weighted by Crippen LogP contribution is -1.79. The normalized spacial score (nSPS) is 10.4. The standard InChI is InChI=1S/C10H8ClNO2/c1-6-9(12-10(11)14-6)7-3-2-4-8(13)5-7/h2-5,13H,1H3. The first-order chi connectivity index (χ1) is 6.66. The fraction of sp³-hybridized carbons (Fsp3) is 0.100. The number of phenolic OH excluding ortho intramolecular Hbond substituents is 1. The molecule has 1 aromatic heterocycles. The van der Waals surface area contributed by atoms with E-state index < -0.39 is 0 Å². The Labute approximate surface area is 86.0 Å². The number of aromatic nitrogens is 1. The smallest absolute Gasteiger partial charge is 0.292 e. The van der Waals surface area contributed by atoms with Gasteiger partial charge < -0.3 is 9.52 Å². The van der Waals surface area contributed by atoms with Crippen LogP contribution in [0.5, 0.6) is 5.75 Å². The highest BCUT2D eigenvalue weighted by atomic mass is 35.5. The number of hydrogen-bond acceptors (Lipinski definition) is 3. The molecule has 0 amide bonds. The van der Waals surface area contributed by atoms with Crippen molar-refractivity contribution in [2.75, 3.05) is 0 Å². The minimum Gasteiger partial charge on any atom is -0.508 e. The maximum atomic E-state index is 9.28. The Balaban J connectivity index is 2.54. The van der Waals surface area contributed by atoms with Crippen LogP contribution in [0.3, 0.4) is 0 Å². The number of hydrogen-bond donors (Lipinski definition) is 1. The summed E-state index contributed by atoms with van der Waals surface area (Å²) in [4.78, 5) is 4.01. The van der Waals surface area contributed by atoms with Crippen molar-refractivity contribution in [2.24, 2.45) is 0 Å². The summed E-state index contributed by atoms with van der Waals surface area (Å²) in [7, 11) is 0. The highest BCUT2D eigenvalue weighted by Crippen LogP contribution is 2.27. The highest BCUT2D eigenvalue weighted by molar-refractivity contribution is 6.27. The van der Waals surface area contributed by atoms with Gasteiger partial charge >= 0.3 is 0 Å². The van der Waals surface area contributed by atoms with Crippen LogP contribution >= 0.6 is 11.6 Å². The third kappa shape index (κ3) is 1.59. The molecule has 0 spiro atoms. The van der Waals surface area contributed by atoms with Gasteiger partial charge in [0.2, 0.25) is 0 Å². The Morgan fingerprint density at radius 1 is 1.43 bits per heavy atom. The number of oxazole rings is 1. The van der Waals surface area contributed by atoms with E-state index in [0.29, 0.717) is 11.5 Å². The second-order valence-corrected chi connectivity index (χ2v) is 3.25. The van der Waals surface area contributed by atoms with Gasteiger partial charge in [0.05, 0.1) is 0 Å². The zero-order valence-electron chi connectivity index (χ0n) is 7.49. The van der Waals surface area contributed by atoms with Crippen LogP contribution in [-0.2, 0) is 0 Å². The quantitative estimate of drug-likeness (QED) is 0.785. The Morgan fingerprint density at radius 2 is 2.21 bits per heavy atom. The number of aryl methyl sites for hydroxylation is 1. The van der Waals surface area contributed by atoms with Crippen molar-refractivity contribution in [2.45, 2.75) is 6.92 Å². The van der Waals surface area contributed by atoms with Gasteiger partial charge in [-0.15, -0.1) is 0 Å². The van der Waals surface area contributed by atoms with Crippen LogP contribution in [0.15, 0.2) is 28.7 Å². The summed E-state index contributed by atoms with van der Waals surface area (Å²) in [6.07, 6.45) is 0. The van der Waals surface area contributed by atoms with Crippen molar-refractivity contribution >= 4 is 11.6 Å². The Kier molecular flexibility index (Phi) is 2.17. The van der Waals surface area contributed by atoms with Crippen LogP contribution in [0, 0.1) is 6.92 Å². The molecule has 0 saturated heterocycles. The zero-order valence-corrected chi connectivity index (χ0v) is 8.25. The van der Waals surface area contributed by atoms with Gasteiger partial charge in [-0.05, 0) is 30.7 Å². The average molecular weight is 210 g/mol. The van der Waals surface area contributed by atoms with Crippen LogP contribution in [0.2, 0.25) is 5.35 Å². The fourth-order valence-electron chi connectivity index (χ4n) is 1.29. The topological polar surface area (TPSA) is 46.3 Å². The molecule has 3 nitrogen and oxygen atoms in total. The van der Waals surface area contributed by atoms with Gasteiger partial charge in [0.1, 0.15) is 17.2 Å². The summed E-state index contributed by atoms with van der Waals surface area (Å²) in [5, 5.41) is 9.39. The molecule has 1 N–H and O–H groups in total. The summed E-state index contributed by atoms with van der Waals surface area (Å²) in [5.74, 6) is 0.835. The molecule has 0 aliphatic carbocycles. The van der Waals surface area contributed by atoms with Crippen LogP contribution < -0.4 is 0 Å². The van der Waals surface area contributed by atoms with Crippen LogP contribution in [0.1, 0.15) is 5.76 Å². The van der Waals surface area contributed by atoms with Gasteiger partial charge in [-0.25, -0.2) is 0 Å². The molecule has 1 heterocycles. The van der Waals surface area contributed by atoms with Gasteiger partial charge in [0.15, 0.2) is 0 Å². The summed E-state index contributed by atoms with van der Waals surface area (Å²) in [6.45, 7) is 1.78. The number of benzene rings is 1. The van der Waals surface area contributed by atoms with E-state index in [-0.39, 0.29) is 11.1 Å². The fourth-order valence-corrected chi connectivity index (χ4v) is 1.49. The second kappa shape index (κ2) is 3.35. The van der Waals surface area contributed by atoms with E-state index in [4.69, 9.17) is 16.0 Å². The molecule has 72 valence electrons. The number of nitrogens with zero attached hydrogens (tertiary/aromatic N) is 1. The predicted octanol–water partition coefficient (Wildman–Crippen LogP) is 3.01. The van der Waals surface area contributed by atoms with E-state index in [1.165, 1.54) is 0 Å². The molecule has 0 fully saturated rings. The van der Waals surface area contributed by atoms with Gasteiger partial charge in [-0.2, -0.15) is 4.98 Å². The van der Waals surface area contributed by atoms with E-state index in [2.05, 4.69) is 4.98 Å². The molecule has 0 unspecified atom stereocenters. The second-order valence-electron chi connectivity index (χ2n) is 2.92. The Bertz CT molecular complexity index is 465. The van der Waals surface area contributed by atoms with Gasteiger partial charge in [-0.3, -0.25) is 0 Å². The molecule has 14 heavy (non-hydrogen) atoms. The Hall–Kier alpha value is -1.48. The maximum absolute atomic E-state index is 9.28. The summed E-state index contributed by atoms with van der Waals surface area (Å²) >= 11 is 5.62. The van der Waals surface area contributed by atoms with Crippen molar-refractivity contribution in [1.29, 1.82) is 0 Å². The maximum Gasteiger partial charge on any atom is 0.292 e. The van der Waals surface area contributed by atoms with Crippen LogP contribution in [0.25, 0.3) is 11.3 Å². The van der Waals surface area contributed by atoms with E-state index in [1.54, 1.807) is 25.1 Å². The molecule has 0 atom stereocenters. The zero-order chi connectivity index (χ0) is 10.1. The Morgan fingerprint density at radius 3 is 2.79 bits per heavy atom. The van der Waals surface area contributed by atoms with E-state index in [9.17, 15) is 5.11 Å². The molecule has 0 aliphatic rings. The lowest BCUT2D eigenvalue weighted by Gasteiger charge is -1.97. The molecule has 0 saturated carbocycles. The third-order valence-corrected chi connectivity index (χ3v) is 2.05. The summed E-state index contributed by atoms with van der Waals surface area (Å²) < 4.78 is 5.08. The molecule has 0 bridgehead atoms. The minimum absolute atomic E-state index is 0.112. The van der Waals surface area contributed by atoms with Crippen molar-refractivity contribution in [1.82, 2.24) is 4.98 Å². The van der Waals surface area contributed by atoms with Crippen LogP contribution in [-0.4, -0.2) is 10.1 Å². The van der Waals surface area contributed by atoms with Crippen molar-refractivity contribution in [3.8, 4) is 17.0 Å². The molecule has 2 rings (SSSR count). The molecular weight excluding hydrogens is 202 g/mol. The van der Waals surface area contributed by atoms with E-state index >= 15 is 0 Å². The first kappa shape index (κ1) is 9.09. The highest BCUT2D eigenvalue weighted by Gasteiger charge is 2.09. The van der Waals surface area contributed by atoms with Gasteiger partial charge in [-0.1, -0.05) is 12.1 Å². The monoisotopic (exact) mass is 209 g/mol.